The first-order valence-electron chi connectivity index (χ1n) is 5.61. The molecule has 0 aromatic heterocycles. The van der Waals surface area contributed by atoms with Crippen LogP contribution in [0.25, 0.3) is 11.1 Å². The molecule has 2 aromatic rings. The molecule has 0 radical (unpaired) electrons. The molecule has 0 amide bonds. The maximum absolute atomic E-state index is 13.8. The first kappa shape index (κ1) is 13.9. The number of benzene rings is 2. The molecule has 2 rings (SSSR count). The fourth-order valence-electron chi connectivity index (χ4n) is 1.82. The molecule has 0 unspecified atom stereocenters. The topological polar surface area (TPSA) is 12.0 Å². The molecule has 0 aliphatic carbocycles. The van der Waals surface area contributed by atoms with Crippen LogP contribution >= 0.6 is 11.6 Å². The van der Waals surface area contributed by atoms with Crippen LogP contribution in [0.15, 0.2) is 30.3 Å². The molecule has 1 N–H and O–H groups in total. The van der Waals surface area contributed by atoms with E-state index in [1.807, 2.05) is 0 Å². The molecule has 19 heavy (non-hydrogen) atoms. The Morgan fingerprint density at radius 3 is 2.32 bits per heavy atom. The Kier molecular flexibility index (Phi) is 4.12. The third-order valence-electron chi connectivity index (χ3n) is 2.71. The van der Waals surface area contributed by atoms with Crippen molar-refractivity contribution in [3.63, 3.8) is 0 Å². The minimum Gasteiger partial charge on any atom is -0.316 e. The van der Waals surface area contributed by atoms with E-state index in [1.165, 1.54) is 6.07 Å². The van der Waals surface area contributed by atoms with E-state index in [0.29, 0.717) is 6.54 Å². The van der Waals surface area contributed by atoms with Gasteiger partial charge in [-0.15, -0.1) is 0 Å². The van der Waals surface area contributed by atoms with E-state index in [9.17, 15) is 13.2 Å². The first-order valence-corrected chi connectivity index (χ1v) is 5.98. The van der Waals surface area contributed by atoms with Gasteiger partial charge in [-0.05, 0) is 36.9 Å². The van der Waals surface area contributed by atoms with Crippen LogP contribution in [0.4, 0.5) is 13.2 Å². The van der Waals surface area contributed by atoms with Gasteiger partial charge in [0.2, 0.25) is 0 Å². The van der Waals surface area contributed by atoms with Gasteiger partial charge >= 0.3 is 0 Å². The van der Waals surface area contributed by atoms with E-state index in [4.69, 9.17) is 11.6 Å². The molecule has 0 fully saturated rings. The highest BCUT2D eigenvalue weighted by atomic mass is 35.5. The fraction of sp³-hybridized carbons (Fsp3) is 0.143. The van der Waals surface area contributed by atoms with Crippen molar-refractivity contribution in [3.8, 4) is 11.1 Å². The Hall–Kier alpha value is -1.52. The van der Waals surface area contributed by atoms with Gasteiger partial charge in [0.05, 0.1) is 5.02 Å². The van der Waals surface area contributed by atoms with Gasteiger partial charge < -0.3 is 5.32 Å². The number of hydrogen-bond donors (Lipinski definition) is 1. The van der Waals surface area contributed by atoms with Crippen molar-refractivity contribution in [1.82, 2.24) is 5.32 Å². The molecule has 0 saturated heterocycles. The molecule has 100 valence electrons. The summed E-state index contributed by atoms with van der Waals surface area (Å²) in [5.74, 6) is -2.65. The van der Waals surface area contributed by atoms with Crippen LogP contribution in [0.2, 0.25) is 5.02 Å². The van der Waals surface area contributed by atoms with Crippen LogP contribution in [0.5, 0.6) is 0 Å². The highest BCUT2D eigenvalue weighted by Crippen LogP contribution is 2.32. The second-order valence-electron chi connectivity index (χ2n) is 4.09. The van der Waals surface area contributed by atoms with Crippen LogP contribution in [-0.4, -0.2) is 7.05 Å². The summed E-state index contributed by atoms with van der Waals surface area (Å²) in [4.78, 5) is 0. The summed E-state index contributed by atoms with van der Waals surface area (Å²) in [5, 5.41) is 2.90. The third kappa shape index (κ3) is 2.91. The lowest BCUT2D eigenvalue weighted by Gasteiger charge is -2.09. The monoisotopic (exact) mass is 285 g/mol. The number of rotatable bonds is 3. The van der Waals surface area contributed by atoms with Crippen molar-refractivity contribution in [3.05, 3.63) is 58.4 Å². The van der Waals surface area contributed by atoms with Gasteiger partial charge in [-0.1, -0.05) is 17.7 Å². The molecule has 5 heteroatoms. The molecular formula is C14H11ClF3N. The normalized spacial score (nSPS) is 10.8. The molecule has 0 aliphatic heterocycles. The van der Waals surface area contributed by atoms with Crippen molar-refractivity contribution in [2.45, 2.75) is 6.54 Å². The Labute approximate surface area is 114 Å². The molecule has 0 saturated carbocycles. The lowest BCUT2D eigenvalue weighted by Crippen LogP contribution is -2.05. The Morgan fingerprint density at radius 1 is 0.947 bits per heavy atom. The van der Waals surface area contributed by atoms with E-state index in [-0.39, 0.29) is 16.1 Å². The third-order valence-corrected chi connectivity index (χ3v) is 3.02. The van der Waals surface area contributed by atoms with Crippen LogP contribution in [-0.2, 0) is 6.54 Å². The summed E-state index contributed by atoms with van der Waals surface area (Å²) in [5.41, 5.74) is 1.10. The Bertz CT molecular complexity index is 614. The lowest BCUT2D eigenvalue weighted by atomic mass is 10.0. The van der Waals surface area contributed by atoms with E-state index in [1.54, 1.807) is 19.2 Å². The predicted octanol–water partition coefficient (Wildman–Crippen LogP) is 4.14. The molecule has 0 aliphatic rings. The van der Waals surface area contributed by atoms with Gasteiger partial charge in [0.15, 0.2) is 11.6 Å². The van der Waals surface area contributed by atoms with Crippen molar-refractivity contribution in [1.29, 1.82) is 0 Å². The van der Waals surface area contributed by atoms with Gasteiger partial charge in [-0.2, -0.15) is 0 Å². The van der Waals surface area contributed by atoms with Crippen LogP contribution < -0.4 is 5.32 Å². The SMILES string of the molecule is CNCc1ccc(F)c(-c2cc(F)c(F)cc2Cl)c1. The maximum Gasteiger partial charge on any atom is 0.160 e. The minimum absolute atomic E-state index is 0.0283. The Balaban J connectivity index is 2.57. The smallest absolute Gasteiger partial charge is 0.160 e. The highest BCUT2D eigenvalue weighted by molar-refractivity contribution is 6.33. The molecular weight excluding hydrogens is 275 g/mol. The number of nitrogens with one attached hydrogen (secondary N) is 1. The van der Waals surface area contributed by atoms with Crippen molar-refractivity contribution in [2.75, 3.05) is 7.05 Å². The average molecular weight is 286 g/mol. The Morgan fingerprint density at radius 2 is 1.63 bits per heavy atom. The zero-order valence-electron chi connectivity index (χ0n) is 10.1. The van der Waals surface area contributed by atoms with Crippen molar-refractivity contribution < 1.29 is 13.2 Å². The highest BCUT2D eigenvalue weighted by Gasteiger charge is 2.14. The largest absolute Gasteiger partial charge is 0.316 e. The molecule has 1 nitrogen and oxygen atoms in total. The summed E-state index contributed by atoms with van der Waals surface area (Å²) >= 11 is 5.85. The molecule has 2 aromatic carbocycles. The average Bonchev–Trinajstić information content (AvgIpc) is 2.37. The second kappa shape index (κ2) is 5.63. The van der Waals surface area contributed by atoms with Crippen molar-refractivity contribution >= 4 is 11.6 Å². The lowest BCUT2D eigenvalue weighted by molar-refractivity contribution is 0.509. The molecule has 0 bridgehead atoms. The zero-order valence-corrected chi connectivity index (χ0v) is 10.9. The molecule has 0 heterocycles. The fourth-order valence-corrected chi connectivity index (χ4v) is 2.07. The summed E-state index contributed by atoms with van der Waals surface area (Å²) in [6.45, 7) is 0.536. The van der Waals surface area contributed by atoms with E-state index in [2.05, 4.69) is 5.32 Å². The standard InChI is InChI=1S/C14H11ClF3N/c1-19-7-8-2-3-12(16)10(4-8)9-5-13(17)14(18)6-11(9)15/h2-6,19H,7H2,1H3. The quantitative estimate of drug-likeness (QED) is 0.836. The first-order chi connectivity index (χ1) is 9.02. The summed E-state index contributed by atoms with van der Waals surface area (Å²) < 4.78 is 40.1. The van der Waals surface area contributed by atoms with E-state index in [0.717, 1.165) is 17.7 Å². The maximum atomic E-state index is 13.8. The molecule has 0 atom stereocenters. The van der Waals surface area contributed by atoms with Gasteiger partial charge in [-0.25, -0.2) is 13.2 Å². The zero-order chi connectivity index (χ0) is 14.0. The van der Waals surface area contributed by atoms with Crippen LogP contribution in [0, 0.1) is 17.5 Å². The number of halogens is 4. The number of hydrogen-bond acceptors (Lipinski definition) is 1. The predicted molar refractivity (Wildman–Crippen MR) is 69.5 cm³/mol. The summed E-state index contributed by atoms with van der Waals surface area (Å²) in [6, 6.07) is 6.20. The van der Waals surface area contributed by atoms with Gasteiger partial charge in [-0.3, -0.25) is 0 Å². The molecule has 0 spiro atoms. The summed E-state index contributed by atoms with van der Waals surface area (Å²) in [7, 11) is 1.76. The van der Waals surface area contributed by atoms with E-state index < -0.39 is 17.5 Å². The van der Waals surface area contributed by atoms with Gasteiger partial charge in [0.1, 0.15) is 5.82 Å². The van der Waals surface area contributed by atoms with Gasteiger partial charge in [0.25, 0.3) is 0 Å². The summed E-state index contributed by atoms with van der Waals surface area (Å²) in [6.07, 6.45) is 0. The van der Waals surface area contributed by atoms with Crippen LogP contribution in [0.1, 0.15) is 5.56 Å². The van der Waals surface area contributed by atoms with E-state index >= 15 is 0 Å². The van der Waals surface area contributed by atoms with Gasteiger partial charge in [0, 0.05) is 17.7 Å². The van der Waals surface area contributed by atoms with Crippen LogP contribution in [0.3, 0.4) is 0 Å². The van der Waals surface area contributed by atoms with Crippen molar-refractivity contribution in [2.24, 2.45) is 0 Å². The second-order valence-corrected chi connectivity index (χ2v) is 4.50. The minimum atomic E-state index is -1.06.